The minimum Gasteiger partial charge on any atom is -0.310 e. The summed E-state index contributed by atoms with van der Waals surface area (Å²) in [4.78, 5) is 2.49. The molecule has 0 unspecified atom stereocenters. The second-order valence-electron chi connectivity index (χ2n) is 23.2. The molecule has 0 bridgehead atoms. The number of fused-ring (bicyclic) bond motifs is 4. The van der Waals surface area contributed by atoms with E-state index >= 15 is 0 Å². The predicted molar refractivity (Wildman–Crippen MR) is 285 cm³/mol. The van der Waals surface area contributed by atoms with E-state index in [0.29, 0.717) is 0 Å². The van der Waals surface area contributed by atoms with E-state index in [9.17, 15) is 0 Å². The molecule has 11 rings (SSSR count). The first-order valence-corrected chi connectivity index (χ1v) is 24.0. The maximum atomic E-state index is 2.62. The Bertz CT molecular complexity index is 3130. The van der Waals surface area contributed by atoms with Gasteiger partial charge in [0.2, 0.25) is 0 Å². The molecule has 0 saturated carbocycles. The molecule has 66 heavy (non-hydrogen) atoms. The molecule has 0 spiro atoms. The SMILES string of the molecule is CC(C)(C)c1ccc(N(c2ccc(C(C)(C)C)cc2)c2cc3c4c(c2)-n2c(-c5ccccc5)cc5cc(C(C)(C)C)cc(c52)B4c2cc(C(C)(C)C)cc4cc(-c5ccccc5)n-3c24)cc1. The van der Waals surface area contributed by atoms with Crippen LogP contribution in [0.2, 0.25) is 0 Å². The summed E-state index contributed by atoms with van der Waals surface area (Å²) in [6.45, 7) is 27.9. The Labute approximate surface area is 392 Å². The van der Waals surface area contributed by atoms with E-state index < -0.39 is 0 Å². The molecule has 2 aliphatic rings. The number of aromatic nitrogens is 2. The number of anilines is 3. The molecule has 9 aromatic rings. The highest BCUT2D eigenvalue weighted by Gasteiger charge is 2.43. The van der Waals surface area contributed by atoms with Crippen molar-refractivity contribution in [2.24, 2.45) is 0 Å². The molecule has 0 aliphatic carbocycles. The van der Waals surface area contributed by atoms with Crippen LogP contribution >= 0.6 is 0 Å². The van der Waals surface area contributed by atoms with Crippen LogP contribution in [0.3, 0.4) is 0 Å². The first-order chi connectivity index (χ1) is 31.3. The molecule has 328 valence electrons. The van der Waals surface area contributed by atoms with E-state index in [0.717, 1.165) is 17.1 Å². The summed E-state index contributed by atoms with van der Waals surface area (Å²) in [5, 5.41) is 2.57. The van der Waals surface area contributed by atoms with Gasteiger partial charge in [0.05, 0.1) is 17.1 Å². The topological polar surface area (TPSA) is 13.1 Å². The second kappa shape index (κ2) is 14.5. The van der Waals surface area contributed by atoms with Crippen LogP contribution in [-0.2, 0) is 21.7 Å². The lowest BCUT2D eigenvalue weighted by Crippen LogP contribution is -2.60. The van der Waals surface area contributed by atoms with Crippen molar-refractivity contribution < 1.29 is 0 Å². The molecule has 0 atom stereocenters. The lowest BCUT2D eigenvalue weighted by molar-refractivity contribution is 0.590. The van der Waals surface area contributed by atoms with E-state index in [1.807, 2.05) is 0 Å². The molecule has 0 N–H and O–H groups in total. The molecule has 0 saturated heterocycles. The van der Waals surface area contributed by atoms with Gasteiger partial charge in [0.15, 0.2) is 0 Å². The van der Waals surface area contributed by atoms with Crippen molar-refractivity contribution in [1.29, 1.82) is 0 Å². The van der Waals surface area contributed by atoms with Crippen LogP contribution in [0.5, 0.6) is 0 Å². The van der Waals surface area contributed by atoms with Gasteiger partial charge in [-0.2, -0.15) is 0 Å². The monoisotopic (exact) mass is 860 g/mol. The van der Waals surface area contributed by atoms with Crippen LogP contribution in [0, 0.1) is 0 Å². The normalized spacial score (nSPS) is 13.4. The molecule has 2 aliphatic heterocycles. The Hall–Kier alpha value is -6.52. The Morgan fingerprint density at radius 3 is 1.08 bits per heavy atom. The molecule has 4 heteroatoms. The number of rotatable bonds is 5. The highest BCUT2D eigenvalue weighted by atomic mass is 15.2. The van der Waals surface area contributed by atoms with E-state index in [2.05, 4.69) is 255 Å². The lowest BCUT2D eigenvalue weighted by Gasteiger charge is -2.37. The van der Waals surface area contributed by atoms with Gasteiger partial charge in [0.25, 0.3) is 6.71 Å². The lowest BCUT2D eigenvalue weighted by atomic mass is 9.34. The van der Waals surface area contributed by atoms with E-state index in [1.54, 1.807) is 0 Å². The largest absolute Gasteiger partial charge is 0.310 e. The molecule has 7 aromatic carbocycles. The van der Waals surface area contributed by atoms with Gasteiger partial charge in [-0.1, -0.05) is 180 Å². The molecule has 0 fully saturated rings. The van der Waals surface area contributed by atoms with Gasteiger partial charge in [-0.25, -0.2) is 0 Å². The second-order valence-corrected chi connectivity index (χ2v) is 23.2. The van der Waals surface area contributed by atoms with Crippen LogP contribution in [0.1, 0.15) is 105 Å². The van der Waals surface area contributed by atoms with Crippen molar-refractivity contribution in [3.8, 4) is 33.9 Å². The van der Waals surface area contributed by atoms with Crippen molar-refractivity contribution in [2.45, 2.75) is 105 Å². The fourth-order valence-corrected chi connectivity index (χ4v) is 10.8. The average molecular weight is 860 g/mol. The van der Waals surface area contributed by atoms with Crippen molar-refractivity contribution in [2.75, 3.05) is 4.90 Å². The Balaban J connectivity index is 1.31. The predicted octanol–water partition coefficient (Wildman–Crippen LogP) is 14.7. The summed E-state index contributed by atoms with van der Waals surface area (Å²) in [6.07, 6.45) is 0. The van der Waals surface area contributed by atoms with Crippen LogP contribution in [0.15, 0.2) is 158 Å². The van der Waals surface area contributed by atoms with Crippen LogP contribution in [-0.4, -0.2) is 15.8 Å². The van der Waals surface area contributed by atoms with Crippen molar-refractivity contribution >= 4 is 62.0 Å². The minimum absolute atomic E-state index is 0.0151. The fourth-order valence-electron chi connectivity index (χ4n) is 10.8. The number of hydrogen-bond acceptors (Lipinski definition) is 1. The molecular weight excluding hydrogens is 798 g/mol. The van der Waals surface area contributed by atoms with Crippen LogP contribution < -0.4 is 21.3 Å². The van der Waals surface area contributed by atoms with Gasteiger partial charge in [0.1, 0.15) is 0 Å². The highest BCUT2D eigenvalue weighted by Crippen LogP contribution is 2.45. The Morgan fingerprint density at radius 2 is 0.727 bits per heavy atom. The molecule has 4 heterocycles. The van der Waals surface area contributed by atoms with E-state index in [1.165, 1.54) is 94.3 Å². The van der Waals surface area contributed by atoms with Crippen LogP contribution in [0.4, 0.5) is 17.1 Å². The van der Waals surface area contributed by atoms with Gasteiger partial charge in [-0.15, -0.1) is 0 Å². The van der Waals surface area contributed by atoms with E-state index in [4.69, 9.17) is 0 Å². The number of benzene rings is 7. The summed E-state index contributed by atoms with van der Waals surface area (Å²) in [6, 6.07) is 60.7. The third-order valence-corrected chi connectivity index (χ3v) is 14.5. The summed E-state index contributed by atoms with van der Waals surface area (Å²) in [5.41, 5.74) is 22.8. The number of nitrogens with zero attached hydrogens (tertiary/aromatic N) is 3. The van der Waals surface area contributed by atoms with E-state index in [-0.39, 0.29) is 28.4 Å². The molecule has 2 aromatic heterocycles. The first kappa shape index (κ1) is 42.1. The van der Waals surface area contributed by atoms with Crippen molar-refractivity contribution in [3.05, 3.63) is 180 Å². The maximum absolute atomic E-state index is 2.62. The Kier molecular flexibility index (Phi) is 9.25. The third kappa shape index (κ3) is 6.70. The first-order valence-electron chi connectivity index (χ1n) is 24.0. The van der Waals surface area contributed by atoms with Gasteiger partial charge in [-0.3, -0.25) is 0 Å². The fraction of sp³-hybridized carbons (Fsp3) is 0.258. The third-order valence-electron chi connectivity index (χ3n) is 14.5. The highest BCUT2D eigenvalue weighted by molar-refractivity contribution is 7.00. The summed E-state index contributed by atoms with van der Waals surface area (Å²) in [5.74, 6) is 0. The van der Waals surface area contributed by atoms with Gasteiger partial charge in [0, 0.05) is 44.6 Å². The minimum atomic E-state index is -0.0455. The Morgan fingerprint density at radius 1 is 0.364 bits per heavy atom. The average Bonchev–Trinajstić information content (AvgIpc) is 3.86. The zero-order valence-electron chi connectivity index (χ0n) is 40.9. The molecular formula is C62H62BN3. The summed E-state index contributed by atoms with van der Waals surface area (Å²) >= 11 is 0. The maximum Gasteiger partial charge on any atom is 0.252 e. The molecule has 0 amide bonds. The van der Waals surface area contributed by atoms with Crippen molar-refractivity contribution in [3.63, 3.8) is 0 Å². The smallest absolute Gasteiger partial charge is 0.252 e. The molecule has 3 nitrogen and oxygen atoms in total. The van der Waals surface area contributed by atoms with Crippen LogP contribution in [0.25, 0.3) is 55.7 Å². The molecule has 0 radical (unpaired) electrons. The standard InChI is InChI=1S/C62H62BN3/c1-59(2,3)43-23-27-47(28-24-43)64(48-29-25-44(26-30-48)60(4,5)6)49-37-54-56-55(38-49)66-53(40-21-17-14-18-22-40)34-42-32-46(62(10,11)12)36-51(58(42)66)63(56)50-35-45(61(7,8)9)31-41-33-52(65(54)57(41)50)39-19-15-13-16-20-39/h13-38H,1-12H3. The van der Waals surface area contributed by atoms with Crippen molar-refractivity contribution in [1.82, 2.24) is 9.13 Å². The zero-order valence-corrected chi connectivity index (χ0v) is 40.9. The van der Waals surface area contributed by atoms with Gasteiger partial charge in [-0.05, 0) is 132 Å². The number of hydrogen-bond donors (Lipinski definition) is 0. The zero-order chi connectivity index (χ0) is 46.2. The van der Waals surface area contributed by atoms with Gasteiger partial charge < -0.3 is 14.0 Å². The summed E-state index contributed by atoms with van der Waals surface area (Å²) in [7, 11) is 0. The summed E-state index contributed by atoms with van der Waals surface area (Å²) < 4.78 is 5.24. The quantitative estimate of drug-likeness (QED) is 0.157. The van der Waals surface area contributed by atoms with Gasteiger partial charge >= 0.3 is 0 Å².